The summed E-state index contributed by atoms with van der Waals surface area (Å²) >= 11 is 0. The van der Waals surface area contributed by atoms with Crippen molar-refractivity contribution in [3.63, 3.8) is 0 Å². The number of amides is 1. The number of piperazine rings is 1. The van der Waals surface area contributed by atoms with E-state index in [1.54, 1.807) is 39.2 Å². The fourth-order valence-electron chi connectivity index (χ4n) is 4.20. The molecule has 1 aromatic carbocycles. The normalized spacial score (nSPS) is 15.8. The molecule has 1 aliphatic rings. The number of nitrogens with one attached hydrogen (secondary N) is 1. The summed E-state index contributed by atoms with van der Waals surface area (Å²) in [5.41, 5.74) is 7.85. The van der Waals surface area contributed by atoms with Crippen LogP contribution in [-0.2, 0) is 4.79 Å². The van der Waals surface area contributed by atoms with Crippen LogP contribution >= 0.6 is 0 Å². The molecule has 0 bridgehead atoms. The van der Waals surface area contributed by atoms with Gasteiger partial charge in [0, 0.05) is 68.8 Å². The zero-order chi connectivity index (χ0) is 28.8. The number of allylic oxidation sites excluding steroid dienone is 1. The molecule has 1 aliphatic heterocycles. The third kappa shape index (κ3) is 6.37. The van der Waals surface area contributed by atoms with Gasteiger partial charge in [-0.2, -0.15) is 4.98 Å². The Bertz CT molecular complexity index is 1480. The number of carbonyl (C=O) groups is 1. The minimum atomic E-state index is -1.01. The van der Waals surface area contributed by atoms with Crippen LogP contribution in [0, 0.1) is 12.7 Å². The lowest BCUT2D eigenvalue weighted by Gasteiger charge is -2.40. The highest BCUT2D eigenvalue weighted by Crippen LogP contribution is 2.34. The van der Waals surface area contributed by atoms with Gasteiger partial charge < -0.3 is 25.6 Å². The lowest BCUT2D eigenvalue weighted by atomic mass is 10.1. The van der Waals surface area contributed by atoms with Crippen molar-refractivity contribution in [1.82, 2.24) is 24.8 Å². The summed E-state index contributed by atoms with van der Waals surface area (Å²) < 4.78 is 34.3. The van der Waals surface area contributed by atoms with Crippen molar-refractivity contribution in [2.45, 2.75) is 19.9 Å². The molecule has 1 saturated heterocycles. The second-order valence-electron chi connectivity index (χ2n) is 8.99. The third-order valence-electron chi connectivity index (χ3n) is 6.11. The number of benzene rings is 1. The van der Waals surface area contributed by atoms with Crippen molar-refractivity contribution in [3.8, 4) is 22.9 Å². The van der Waals surface area contributed by atoms with Gasteiger partial charge in [-0.15, -0.1) is 0 Å². The Balaban J connectivity index is 1.69. The molecular weight excluding hydrogens is 520 g/mol. The SMILES string of the molecule is C=C(F)C(=O)N1CCN(c2nc(NC(C=NC)=CN)ncc2-c2ccc(Oc3nccc(C)n3)c(F)c2)C[C@H]1C. The molecule has 1 atom stereocenters. The molecule has 1 fully saturated rings. The standard InChI is InChI=1S/C27H29F2N9O2/c1-16-7-8-32-27(34-16)40-23-6-5-19(11-22(23)29)21-14-33-26(35-20(12-30)13-31-4)36-24(21)37-9-10-38(17(2)15-37)25(39)18(3)28/h5-8,11-14,17H,3,9-10,15,30H2,1-2,4H3,(H,33,35,36)/t17-/m1/s1. The highest BCUT2D eigenvalue weighted by atomic mass is 19.1. The van der Waals surface area contributed by atoms with E-state index < -0.39 is 17.6 Å². The van der Waals surface area contributed by atoms with Gasteiger partial charge in [0.25, 0.3) is 5.91 Å². The molecular formula is C27H29F2N9O2. The van der Waals surface area contributed by atoms with Gasteiger partial charge in [-0.1, -0.05) is 12.6 Å². The maximum absolute atomic E-state index is 15.2. The van der Waals surface area contributed by atoms with Crippen LogP contribution in [0.1, 0.15) is 12.6 Å². The summed E-state index contributed by atoms with van der Waals surface area (Å²) in [5.74, 6) is -1.72. The van der Waals surface area contributed by atoms with E-state index in [2.05, 4.69) is 36.8 Å². The molecule has 4 rings (SSSR count). The Hall–Kier alpha value is -4.94. The maximum Gasteiger partial charge on any atom is 0.322 e. The summed E-state index contributed by atoms with van der Waals surface area (Å²) in [6.07, 6.45) is 5.93. The number of aromatic nitrogens is 4. The summed E-state index contributed by atoms with van der Waals surface area (Å²) in [5, 5.41) is 3.00. The zero-order valence-corrected chi connectivity index (χ0v) is 22.3. The van der Waals surface area contributed by atoms with Crippen molar-refractivity contribution < 1.29 is 18.3 Å². The summed E-state index contributed by atoms with van der Waals surface area (Å²) in [6.45, 7) is 7.63. The average Bonchev–Trinajstić information content (AvgIpc) is 2.93. The topological polar surface area (TPSA) is 135 Å². The number of nitrogens with two attached hydrogens (primary N) is 1. The molecule has 0 saturated carbocycles. The molecule has 0 radical (unpaired) electrons. The van der Waals surface area contributed by atoms with Gasteiger partial charge in [-0.25, -0.2) is 23.7 Å². The van der Waals surface area contributed by atoms with Crippen molar-refractivity contribution in [2.24, 2.45) is 10.7 Å². The smallest absolute Gasteiger partial charge is 0.322 e. The van der Waals surface area contributed by atoms with Crippen LogP contribution in [-0.4, -0.2) is 69.7 Å². The van der Waals surface area contributed by atoms with E-state index in [1.807, 2.05) is 4.90 Å². The zero-order valence-electron chi connectivity index (χ0n) is 22.3. The monoisotopic (exact) mass is 549 g/mol. The number of anilines is 2. The molecule has 3 heterocycles. The van der Waals surface area contributed by atoms with Crippen LogP contribution < -0.4 is 20.7 Å². The first kappa shape index (κ1) is 28.1. The Morgan fingerprint density at radius 3 is 2.73 bits per heavy atom. The molecule has 2 aromatic heterocycles. The first-order chi connectivity index (χ1) is 19.2. The minimum absolute atomic E-state index is 0.0304. The van der Waals surface area contributed by atoms with Crippen LogP contribution in [0.2, 0.25) is 0 Å². The van der Waals surface area contributed by atoms with Gasteiger partial charge in [0.15, 0.2) is 17.4 Å². The second-order valence-corrected chi connectivity index (χ2v) is 8.99. The van der Waals surface area contributed by atoms with E-state index in [4.69, 9.17) is 10.5 Å². The van der Waals surface area contributed by atoms with Crippen LogP contribution in [0.5, 0.6) is 11.8 Å². The average molecular weight is 550 g/mol. The lowest BCUT2D eigenvalue weighted by Crippen LogP contribution is -2.54. The second kappa shape index (κ2) is 12.3. The largest absolute Gasteiger partial charge is 0.421 e. The van der Waals surface area contributed by atoms with Gasteiger partial charge in [-0.3, -0.25) is 9.79 Å². The predicted molar refractivity (Wildman–Crippen MR) is 148 cm³/mol. The number of aryl methyl sites for hydroxylation is 1. The number of ether oxygens (including phenoxy) is 1. The third-order valence-corrected chi connectivity index (χ3v) is 6.11. The molecule has 13 heteroatoms. The summed E-state index contributed by atoms with van der Waals surface area (Å²) in [6, 6.07) is 5.86. The molecule has 3 aromatic rings. The van der Waals surface area contributed by atoms with Crippen LogP contribution in [0.4, 0.5) is 20.5 Å². The fraction of sp³-hybridized carbons (Fsp3) is 0.259. The van der Waals surface area contributed by atoms with Crippen molar-refractivity contribution in [1.29, 1.82) is 0 Å². The number of hydrogen-bond donors (Lipinski definition) is 2. The number of hydrogen-bond acceptors (Lipinski definition) is 10. The highest BCUT2D eigenvalue weighted by molar-refractivity contribution is 5.91. The predicted octanol–water partition coefficient (Wildman–Crippen LogP) is 3.61. The molecule has 11 nitrogen and oxygen atoms in total. The van der Waals surface area contributed by atoms with E-state index >= 15 is 4.39 Å². The Morgan fingerprint density at radius 1 is 1.27 bits per heavy atom. The molecule has 1 amide bonds. The molecule has 0 unspecified atom stereocenters. The first-order valence-electron chi connectivity index (χ1n) is 12.4. The summed E-state index contributed by atoms with van der Waals surface area (Å²) in [4.78, 5) is 36.8. The summed E-state index contributed by atoms with van der Waals surface area (Å²) in [7, 11) is 1.60. The van der Waals surface area contributed by atoms with Crippen LogP contribution in [0.25, 0.3) is 11.1 Å². The Kier molecular flexibility index (Phi) is 8.62. The van der Waals surface area contributed by atoms with Crippen molar-refractivity contribution in [2.75, 3.05) is 36.9 Å². The minimum Gasteiger partial charge on any atom is -0.421 e. The first-order valence-corrected chi connectivity index (χ1v) is 12.4. The van der Waals surface area contributed by atoms with Crippen LogP contribution in [0.15, 0.2) is 66.0 Å². The van der Waals surface area contributed by atoms with Crippen molar-refractivity contribution >= 4 is 23.9 Å². The Morgan fingerprint density at radius 2 is 2.08 bits per heavy atom. The van der Waals surface area contributed by atoms with Gasteiger partial charge in [0.2, 0.25) is 5.95 Å². The van der Waals surface area contributed by atoms with Crippen molar-refractivity contribution in [3.05, 3.63) is 72.5 Å². The fourth-order valence-corrected chi connectivity index (χ4v) is 4.20. The molecule has 40 heavy (non-hydrogen) atoms. The van der Waals surface area contributed by atoms with Gasteiger partial charge >= 0.3 is 6.01 Å². The molecule has 0 spiro atoms. The van der Waals surface area contributed by atoms with Gasteiger partial charge in [0.1, 0.15) is 5.82 Å². The molecule has 0 aliphatic carbocycles. The van der Waals surface area contributed by atoms with E-state index in [0.29, 0.717) is 41.4 Å². The highest BCUT2D eigenvalue weighted by Gasteiger charge is 2.31. The van der Waals surface area contributed by atoms with Crippen LogP contribution in [0.3, 0.4) is 0 Å². The number of nitrogens with zero attached hydrogens (tertiary/aromatic N) is 7. The van der Waals surface area contributed by atoms with E-state index in [-0.39, 0.29) is 30.3 Å². The number of carbonyl (C=O) groups excluding carboxylic acids is 1. The van der Waals surface area contributed by atoms with Gasteiger partial charge in [0.05, 0.1) is 5.70 Å². The molecule has 208 valence electrons. The number of rotatable bonds is 8. The number of aliphatic imine (C=N–C) groups is 1. The maximum atomic E-state index is 15.2. The quantitative estimate of drug-likeness (QED) is 0.319. The van der Waals surface area contributed by atoms with E-state index in [0.717, 1.165) is 0 Å². The van der Waals surface area contributed by atoms with E-state index in [9.17, 15) is 9.18 Å². The Labute approximate surface area is 230 Å². The lowest BCUT2D eigenvalue weighted by molar-refractivity contribution is -0.131. The molecule has 3 N–H and O–H groups in total. The van der Waals surface area contributed by atoms with E-state index in [1.165, 1.54) is 35.6 Å². The van der Waals surface area contributed by atoms with Gasteiger partial charge in [-0.05, 0) is 37.6 Å². The number of halogens is 2.